The third kappa shape index (κ3) is 5.22. The summed E-state index contributed by atoms with van der Waals surface area (Å²) in [7, 11) is 0. The highest BCUT2D eigenvalue weighted by atomic mass is 35.5. The van der Waals surface area contributed by atoms with Gasteiger partial charge in [0.25, 0.3) is 0 Å². The number of nitrogens with zero attached hydrogens (tertiary/aromatic N) is 1. The molecule has 0 saturated heterocycles. The van der Waals surface area contributed by atoms with Gasteiger partial charge in [-0.2, -0.15) is 13.2 Å². The van der Waals surface area contributed by atoms with Gasteiger partial charge in [-0.15, -0.1) is 11.6 Å². The van der Waals surface area contributed by atoms with Gasteiger partial charge in [0, 0.05) is 19.0 Å². The lowest BCUT2D eigenvalue weighted by Gasteiger charge is -2.23. The zero-order chi connectivity index (χ0) is 13.8. The fraction of sp³-hybridized carbons (Fsp3) is 0.455. The van der Waals surface area contributed by atoms with Crippen LogP contribution >= 0.6 is 34.8 Å². The molecular weight excluding hydrogens is 309 g/mol. The zero-order valence-corrected chi connectivity index (χ0v) is 11.5. The summed E-state index contributed by atoms with van der Waals surface area (Å²) in [5, 5.41) is 0.605. The first-order valence-corrected chi connectivity index (χ1v) is 6.40. The molecule has 18 heavy (non-hydrogen) atoms. The van der Waals surface area contributed by atoms with Crippen LogP contribution in [0.15, 0.2) is 18.2 Å². The van der Waals surface area contributed by atoms with Crippen molar-refractivity contribution in [2.24, 2.45) is 0 Å². The molecule has 7 heteroatoms. The molecule has 0 spiro atoms. The van der Waals surface area contributed by atoms with E-state index in [0.29, 0.717) is 10.6 Å². The van der Waals surface area contributed by atoms with E-state index in [2.05, 4.69) is 0 Å². The highest BCUT2D eigenvalue weighted by Crippen LogP contribution is 2.27. The Bertz CT molecular complexity index is 396. The van der Waals surface area contributed by atoms with Crippen LogP contribution in [0.25, 0.3) is 0 Å². The molecule has 102 valence electrons. The molecule has 1 nitrogen and oxygen atoms in total. The van der Waals surface area contributed by atoms with Crippen LogP contribution in [0.4, 0.5) is 13.2 Å². The van der Waals surface area contributed by atoms with E-state index in [1.165, 1.54) is 4.90 Å². The van der Waals surface area contributed by atoms with Crippen LogP contribution in [-0.4, -0.2) is 30.0 Å². The molecule has 0 N–H and O–H groups in total. The Morgan fingerprint density at radius 3 is 2.39 bits per heavy atom. The van der Waals surface area contributed by atoms with E-state index >= 15 is 0 Å². The quantitative estimate of drug-likeness (QED) is 0.717. The van der Waals surface area contributed by atoms with Gasteiger partial charge in [0.1, 0.15) is 0 Å². The monoisotopic (exact) mass is 319 g/mol. The Morgan fingerprint density at radius 2 is 1.83 bits per heavy atom. The molecular formula is C11H11Cl3F3N. The predicted molar refractivity (Wildman–Crippen MR) is 68.5 cm³/mol. The molecule has 0 amide bonds. The minimum absolute atomic E-state index is 0.0611. The standard InChI is InChI=1S/C11H11Cl3F3N/c12-4-5-18(7-11(15,16)17)6-8-2-1-3-9(13)10(8)14/h1-3H,4-7H2. The van der Waals surface area contributed by atoms with Crippen molar-refractivity contribution in [2.45, 2.75) is 12.7 Å². The summed E-state index contributed by atoms with van der Waals surface area (Å²) in [6.45, 7) is -0.835. The molecule has 0 aliphatic heterocycles. The van der Waals surface area contributed by atoms with E-state index in [4.69, 9.17) is 34.8 Å². The molecule has 0 aromatic heterocycles. The number of halogens is 6. The Balaban J connectivity index is 2.80. The number of benzene rings is 1. The van der Waals surface area contributed by atoms with Crippen molar-refractivity contribution in [3.63, 3.8) is 0 Å². The smallest absolute Gasteiger partial charge is 0.289 e. The molecule has 0 saturated carbocycles. The Hall–Kier alpha value is -0.160. The molecule has 0 heterocycles. The molecule has 1 aromatic carbocycles. The van der Waals surface area contributed by atoms with E-state index in [9.17, 15) is 13.2 Å². The topological polar surface area (TPSA) is 3.24 Å². The summed E-state index contributed by atoms with van der Waals surface area (Å²) in [5.41, 5.74) is 0.554. The maximum Gasteiger partial charge on any atom is 0.401 e. The van der Waals surface area contributed by atoms with Crippen molar-refractivity contribution in [1.29, 1.82) is 0 Å². The van der Waals surface area contributed by atoms with Gasteiger partial charge in [0.15, 0.2) is 0 Å². The van der Waals surface area contributed by atoms with Crippen LogP contribution < -0.4 is 0 Å². The van der Waals surface area contributed by atoms with Gasteiger partial charge >= 0.3 is 6.18 Å². The van der Waals surface area contributed by atoms with Gasteiger partial charge in [-0.3, -0.25) is 4.90 Å². The molecule has 0 bridgehead atoms. The van der Waals surface area contributed by atoms with Crippen molar-refractivity contribution in [3.05, 3.63) is 33.8 Å². The number of hydrogen-bond donors (Lipinski definition) is 0. The molecule has 0 unspecified atom stereocenters. The second kappa shape index (κ2) is 6.85. The van der Waals surface area contributed by atoms with Crippen LogP contribution in [0.1, 0.15) is 5.56 Å². The van der Waals surface area contributed by atoms with Gasteiger partial charge in [-0.25, -0.2) is 0 Å². The molecule has 0 aliphatic carbocycles. The van der Waals surface area contributed by atoms with Crippen LogP contribution in [0.2, 0.25) is 10.0 Å². The molecule has 1 rings (SSSR count). The van der Waals surface area contributed by atoms with E-state index in [1.807, 2.05) is 0 Å². The highest BCUT2D eigenvalue weighted by molar-refractivity contribution is 6.42. The summed E-state index contributed by atoms with van der Waals surface area (Å²) in [6, 6.07) is 4.88. The largest absolute Gasteiger partial charge is 0.401 e. The van der Waals surface area contributed by atoms with Crippen molar-refractivity contribution >= 4 is 34.8 Å². The van der Waals surface area contributed by atoms with Crippen molar-refractivity contribution in [1.82, 2.24) is 4.90 Å². The van der Waals surface area contributed by atoms with Crippen molar-refractivity contribution in [3.8, 4) is 0 Å². The molecule has 0 fully saturated rings. The number of alkyl halides is 4. The van der Waals surface area contributed by atoms with Crippen LogP contribution in [-0.2, 0) is 6.54 Å². The lowest BCUT2D eigenvalue weighted by Crippen LogP contribution is -2.35. The second-order valence-electron chi connectivity index (χ2n) is 3.73. The molecule has 0 radical (unpaired) electrons. The molecule has 0 atom stereocenters. The van der Waals surface area contributed by atoms with E-state index < -0.39 is 12.7 Å². The minimum Gasteiger partial charge on any atom is -0.289 e. The Labute approximate surface area is 118 Å². The maximum absolute atomic E-state index is 12.4. The second-order valence-corrected chi connectivity index (χ2v) is 4.89. The average Bonchev–Trinajstić information content (AvgIpc) is 2.23. The van der Waals surface area contributed by atoms with Crippen molar-refractivity contribution in [2.75, 3.05) is 19.0 Å². The first-order chi connectivity index (χ1) is 8.33. The average molecular weight is 321 g/mol. The van der Waals surface area contributed by atoms with E-state index in [1.54, 1.807) is 18.2 Å². The highest BCUT2D eigenvalue weighted by Gasteiger charge is 2.30. The zero-order valence-electron chi connectivity index (χ0n) is 9.28. The molecule has 0 aliphatic rings. The van der Waals surface area contributed by atoms with Gasteiger partial charge in [0.2, 0.25) is 0 Å². The molecule has 1 aromatic rings. The minimum atomic E-state index is -4.27. The first kappa shape index (κ1) is 15.9. The first-order valence-electron chi connectivity index (χ1n) is 5.11. The van der Waals surface area contributed by atoms with Gasteiger partial charge in [-0.05, 0) is 11.6 Å². The predicted octanol–water partition coefficient (Wildman–Crippen LogP) is 4.60. The van der Waals surface area contributed by atoms with Crippen LogP contribution in [0.3, 0.4) is 0 Å². The fourth-order valence-electron chi connectivity index (χ4n) is 1.50. The summed E-state index contributed by atoms with van der Waals surface area (Å²) >= 11 is 17.2. The number of hydrogen-bond acceptors (Lipinski definition) is 1. The van der Waals surface area contributed by atoms with Crippen LogP contribution in [0.5, 0.6) is 0 Å². The van der Waals surface area contributed by atoms with Gasteiger partial charge in [0.05, 0.1) is 16.6 Å². The summed E-state index contributed by atoms with van der Waals surface area (Å²) < 4.78 is 37.1. The third-order valence-electron chi connectivity index (χ3n) is 2.23. The normalized spacial score (nSPS) is 12.2. The summed E-state index contributed by atoms with van der Waals surface area (Å²) in [5.74, 6) is 0.119. The van der Waals surface area contributed by atoms with Crippen molar-refractivity contribution < 1.29 is 13.2 Å². The summed E-state index contributed by atoms with van der Waals surface area (Å²) in [6.07, 6.45) is -4.27. The lowest BCUT2D eigenvalue weighted by atomic mass is 10.2. The maximum atomic E-state index is 12.4. The van der Waals surface area contributed by atoms with Gasteiger partial charge < -0.3 is 0 Å². The van der Waals surface area contributed by atoms with E-state index in [0.717, 1.165) is 0 Å². The Kier molecular flexibility index (Phi) is 6.05. The Morgan fingerprint density at radius 1 is 1.17 bits per heavy atom. The van der Waals surface area contributed by atoms with Crippen LogP contribution in [0, 0.1) is 0 Å². The SMILES string of the molecule is FC(F)(F)CN(CCCl)Cc1cccc(Cl)c1Cl. The fourth-order valence-corrected chi connectivity index (χ4v) is 2.12. The summed E-state index contributed by atoms with van der Waals surface area (Å²) in [4.78, 5) is 1.19. The lowest BCUT2D eigenvalue weighted by molar-refractivity contribution is -0.146. The van der Waals surface area contributed by atoms with Gasteiger partial charge in [-0.1, -0.05) is 35.3 Å². The van der Waals surface area contributed by atoms with E-state index in [-0.39, 0.29) is 24.0 Å². The number of rotatable bonds is 5. The third-order valence-corrected chi connectivity index (χ3v) is 3.26.